The molecular formula is C14H18N2O2. The number of ether oxygens (including phenoxy) is 1. The largest absolute Gasteiger partial charge is 0.355 e. The fraction of sp³-hybridized carbons (Fsp3) is 0.500. The molecule has 0 bridgehead atoms. The molecule has 0 saturated carbocycles. The Kier molecular flexibility index (Phi) is 3.06. The number of carbonyl (C=O) groups excluding carboxylic acids is 1. The third-order valence-electron chi connectivity index (χ3n) is 3.81. The zero-order valence-electron chi connectivity index (χ0n) is 10.3. The van der Waals surface area contributed by atoms with Gasteiger partial charge >= 0.3 is 0 Å². The zero-order valence-corrected chi connectivity index (χ0v) is 10.3. The molecule has 1 amide bonds. The summed E-state index contributed by atoms with van der Waals surface area (Å²) in [5, 5.41) is 6.33. The predicted molar refractivity (Wildman–Crippen MR) is 68.1 cm³/mol. The van der Waals surface area contributed by atoms with Gasteiger partial charge in [-0.05, 0) is 31.5 Å². The molecule has 4 nitrogen and oxygen atoms in total. The van der Waals surface area contributed by atoms with Gasteiger partial charge in [-0.2, -0.15) is 0 Å². The molecule has 1 unspecified atom stereocenters. The number of amides is 1. The van der Waals surface area contributed by atoms with Gasteiger partial charge in [0.25, 0.3) is 5.91 Å². The van der Waals surface area contributed by atoms with Crippen LogP contribution < -0.4 is 10.6 Å². The lowest BCUT2D eigenvalue weighted by Crippen LogP contribution is -2.57. The topological polar surface area (TPSA) is 50.4 Å². The smallest absolute Gasteiger partial charge is 0.253 e. The van der Waals surface area contributed by atoms with Gasteiger partial charge in [0, 0.05) is 6.54 Å². The van der Waals surface area contributed by atoms with Gasteiger partial charge in [-0.25, -0.2) is 0 Å². The highest BCUT2D eigenvalue weighted by molar-refractivity contribution is 5.83. The SMILES string of the molecule is O=C1NCC2(CCNCC2)OC1c1ccccc1. The number of piperidine rings is 1. The molecule has 2 saturated heterocycles. The number of hydrogen-bond donors (Lipinski definition) is 2. The summed E-state index contributed by atoms with van der Waals surface area (Å²) in [7, 11) is 0. The van der Waals surface area contributed by atoms with Crippen LogP contribution in [-0.2, 0) is 9.53 Å². The van der Waals surface area contributed by atoms with E-state index in [1.54, 1.807) is 0 Å². The van der Waals surface area contributed by atoms with E-state index in [2.05, 4.69) is 10.6 Å². The number of carbonyl (C=O) groups is 1. The van der Waals surface area contributed by atoms with Crippen LogP contribution in [0.3, 0.4) is 0 Å². The van der Waals surface area contributed by atoms with Gasteiger partial charge in [-0.3, -0.25) is 4.79 Å². The first kappa shape index (κ1) is 11.7. The minimum Gasteiger partial charge on any atom is -0.355 e. The summed E-state index contributed by atoms with van der Waals surface area (Å²) in [6.45, 7) is 2.55. The maximum atomic E-state index is 12.0. The van der Waals surface area contributed by atoms with E-state index < -0.39 is 6.10 Å². The van der Waals surface area contributed by atoms with Crippen LogP contribution in [0.5, 0.6) is 0 Å². The summed E-state index contributed by atoms with van der Waals surface area (Å²) in [5.41, 5.74) is 0.757. The molecule has 4 heteroatoms. The van der Waals surface area contributed by atoms with Crippen molar-refractivity contribution in [1.29, 1.82) is 0 Å². The van der Waals surface area contributed by atoms with Crippen molar-refractivity contribution in [2.45, 2.75) is 24.5 Å². The molecule has 2 N–H and O–H groups in total. The number of rotatable bonds is 1. The molecule has 2 heterocycles. The van der Waals surface area contributed by atoms with Gasteiger partial charge in [0.15, 0.2) is 6.10 Å². The summed E-state index contributed by atoms with van der Waals surface area (Å²) >= 11 is 0. The molecular weight excluding hydrogens is 228 g/mol. The second kappa shape index (κ2) is 4.71. The summed E-state index contributed by atoms with van der Waals surface area (Å²) in [6.07, 6.45) is 1.45. The Morgan fingerprint density at radius 3 is 2.61 bits per heavy atom. The Labute approximate surface area is 107 Å². The normalized spacial score (nSPS) is 26.9. The van der Waals surface area contributed by atoms with E-state index in [1.165, 1.54) is 0 Å². The van der Waals surface area contributed by atoms with E-state index in [9.17, 15) is 4.79 Å². The molecule has 1 aromatic carbocycles. The Morgan fingerprint density at radius 1 is 1.17 bits per heavy atom. The molecule has 18 heavy (non-hydrogen) atoms. The van der Waals surface area contributed by atoms with Crippen molar-refractivity contribution in [3.63, 3.8) is 0 Å². The highest BCUT2D eigenvalue weighted by atomic mass is 16.5. The second-order valence-electron chi connectivity index (χ2n) is 5.06. The molecule has 2 fully saturated rings. The first-order chi connectivity index (χ1) is 8.79. The molecule has 2 aliphatic heterocycles. The third-order valence-corrected chi connectivity index (χ3v) is 3.81. The monoisotopic (exact) mass is 246 g/mol. The number of morpholine rings is 1. The highest BCUT2D eigenvalue weighted by Gasteiger charge is 2.42. The van der Waals surface area contributed by atoms with Gasteiger partial charge in [-0.15, -0.1) is 0 Å². The van der Waals surface area contributed by atoms with E-state index >= 15 is 0 Å². The molecule has 1 spiro atoms. The average Bonchev–Trinajstić information content (AvgIpc) is 2.44. The molecule has 1 atom stereocenters. The Hall–Kier alpha value is -1.39. The van der Waals surface area contributed by atoms with Crippen LogP contribution in [0.4, 0.5) is 0 Å². The van der Waals surface area contributed by atoms with Gasteiger partial charge < -0.3 is 15.4 Å². The van der Waals surface area contributed by atoms with Crippen molar-refractivity contribution in [1.82, 2.24) is 10.6 Å². The molecule has 0 aliphatic carbocycles. The standard InChI is InChI=1S/C14H18N2O2/c17-13-12(11-4-2-1-3-5-11)18-14(10-16-13)6-8-15-9-7-14/h1-5,12,15H,6-10H2,(H,16,17). The van der Waals surface area contributed by atoms with E-state index in [1.807, 2.05) is 30.3 Å². The fourth-order valence-electron chi connectivity index (χ4n) is 2.71. The van der Waals surface area contributed by atoms with E-state index in [0.29, 0.717) is 6.54 Å². The summed E-state index contributed by atoms with van der Waals surface area (Å²) < 4.78 is 6.16. The van der Waals surface area contributed by atoms with E-state index in [4.69, 9.17) is 4.74 Å². The second-order valence-corrected chi connectivity index (χ2v) is 5.06. The van der Waals surface area contributed by atoms with E-state index in [-0.39, 0.29) is 11.5 Å². The van der Waals surface area contributed by atoms with Crippen LogP contribution >= 0.6 is 0 Å². The molecule has 3 rings (SSSR count). The molecule has 96 valence electrons. The van der Waals surface area contributed by atoms with E-state index in [0.717, 1.165) is 31.5 Å². The molecule has 1 aromatic rings. The van der Waals surface area contributed by atoms with Crippen molar-refractivity contribution in [3.8, 4) is 0 Å². The first-order valence-electron chi connectivity index (χ1n) is 6.50. The maximum absolute atomic E-state index is 12.0. The lowest BCUT2D eigenvalue weighted by Gasteiger charge is -2.43. The van der Waals surface area contributed by atoms with Gasteiger partial charge in [0.2, 0.25) is 0 Å². The number of benzene rings is 1. The lowest BCUT2D eigenvalue weighted by molar-refractivity contribution is -0.167. The first-order valence-corrected chi connectivity index (χ1v) is 6.50. The van der Waals surface area contributed by atoms with Crippen LogP contribution in [0, 0.1) is 0 Å². The Morgan fingerprint density at radius 2 is 1.89 bits per heavy atom. The minimum absolute atomic E-state index is 0.0228. The Bertz CT molecular complexity index is 427. The molecule has 0 radical (unpaired) electrons. The van der Waals surface area contributed by atoms with Gasteiger partial charge in [0.1, 0.15) is 0 Å². The van der Waals surface area contributed by atoms with Gasteiger partial charge in [0.05, 0.1) is 5.60 Å². The third kappa shape index (κ3) is 2.13. The maximum Gasteiger partial charge on any atom is 0.253 e. The molecule has 2 aliphatic rings. The van der Waals surface area contributed by atoms with Crippen LogP contribution in [0.15, 0.2) is 30.3 Å². The van der Waals surface area contributed by atoms with Crippen molar-refractivity contribution < 1.29 is 9.53 Å². The van der Waals surface area contributed by atoms with Crippen LogP contribution in [0.1, 0.15) is 24.5 Å². The summed E-state index contributed by atoms with van der Waals surface area (Å²) in [6, 6.07) is 9.73. The number of hydrogen-bond acceptors (Lipinski definition) is 3. The van der Waals surface area contributed by atoms with Crippen LogP contribution in [-0.4, -0.2) is 31.1 Å². The highest BCUT2D eigenvalue weighted by Crippen LogP contribution is 2.33. The average molecular weight is 246 g/mol. The van der Waals surface area contributed by atoms with Crippen molar-refractivity contribution in [3.05, 3.63) is 35.9 Å². The van der Waals surface area contributed by atoms with Crippen LogP contribution in [0.25, 0.3) is 0 Å². The van der Waals surface area contributed by atoms with Gasteiger partial charge in [-0.1, -0.05) is 30.3 Å². The summed E-state index contributed by atoms with van der Waals surface area (Å²) in [5.74, 6) is -0.0228. The van der Waals surface area contributed by atoms with Crippen molar-refractivity contribution in [2.24, 2.45) is 0 Å². The number of nitrogens with one attached hydrogen (secondary N) is 2. The minimum atomic E-state index is -0.460. The fourth-order valence-corrected chi connectivity index (χ4v) is 2.71. The predicted octanol–water partition coefficient (Wildman–Crippen LogP) is 0.996. The van der Waals surface area contributed by atoms with Crippen LogP contribution in [0.2, 0.25) is 0 Å². The van der Waals surface area contributed by atoms with Crippen molar-refractivity contribution >= 4 is 5.91 Å². The molecule has 0 aromatic heterocycles. The zero-order chi connectivity index (χ0) is 12.4. The lowest BCUT2D eigenvalue weighted by atomic mass is 9.89. The Balaban J connectivity index is 1.83. The quantitative estimate of drug-likeness (QED) is 0.777. The van der Waals surface area contributed by atoms with Crippen molar-refractivity contribution in [2.75, 3.05) is 19.6 Å². The summed E-state index contributed by atoms with van der Waals surface area (Å²) in [4.78, 5) is 12.0.